The summed E-state index contributed by atoms with van der Waals surface area (Å²) in [5.41, 5.74) is 1.12. The second-order valence-corrected chi connectivity index (χ2v) is 9.89. The van der Waals surface area contributed by atoms with Crippen molar-refractivity contribution in [3.63, 3.8) is 0 Å². The highest BCUT2D eigenvalue weighted by Gasteiger charge is 2.36. The van der Waals surface area contributed by atoms with E-state index in [1.165, 1.54) is 32.3 Å². The van der Waals surface area contributed by atoms with Crippen molar-refractivity contribution >= 4 is 33.4 Å². The molecule has 1 saturated carbocycles. The highest BCUT2D eigenvalue weighted by molar-refractivity contribution is 7.89. The molecule has 8 heteroatoms. The maximum atomic E-state index is 12.4. The summed E-state index contributed by atoms with van der Waals surface area (Å²) >= 11 is 0. The molecule has 3 rings (SSSR count). The number of anilines is 2. The molecule has 0 aliphatic heterocycles. The summed E-state index contributed by atoms with van der Waals surface area (Å²) < 4.78 is 31.7. The van der Waals surface area contributed by atoms with Crippen molar-refractivity contribution < 1.29 is 17.6 Å². The molecule has 1 aliphatic rings. The van der Waals surface area contributed by atoms with Gasteiger partial charge in [-0.2, -0.15) is 0 Å². The van der Waals surface area contributed by atoms with Crippen molar-refractivity contribution in [2.24, 2.45) is 5.92 Å². The molecular formula is C21H27N3O4S. The molecule has 29 heavy (non-hydrogen) atoms. The number of carbonyl (C=O) groups is 1. The Morgan fingerprint density at radius 2 is 1.86 bits per heavy atom. The van der Waals surface area contributed by atoms with Crippen LogP contribution in [-0.4, -0.2) is 46.8 Å². The fourth-order valence-corrected chi connectivity index (χ4v) is 4.01. The molecular weight excluding hydrogens is 390 g/mol. The summed E-state index contributed by atoms with van der Waals surface area (Å²) in [6, 6.07) is 8.46. The first-order chi connectivity index (χ1) is 13.6. The number of sulfonamides is 1. The molecule has 1 amide bonds. The Hall–Kier alpha value is -2.58. The largest absolute Gasteiger partial charge is 0.461 e. The molecule has 2 aromatic rings. The van der Waals surface area contributed by atoms with Gasteiger partial charge in [0.25, 0.3) is 0 Å². The predicted molar refractivity (Wildman–Crippen MR) is 115 cm³/mol. The van der Waals surface area contributed by atoms with Gasteiger partial charge in [0.2, 0.25) is 15.9 Å². The summed E-state index contributed by atoms with van der Waals surface area (Å²) in [4.78, 5) is 14.4. The molecule has 0 spiro atoms. The van der Waals surface area contributed by atoms with E-state index >= 15 is 0 Å². The fourth-order valence-electron chi connectivity index (χ4n) is 3.08. The monoisotopic (exact) mass is 417 g/mol. The zero-order chi connectivity index (χ0) is 21.3. The Balaban J connectivity index is 1.78. The number of hydrogen-bond acceptors (Lipinski definition) is 5. The maximum absolute atomic E-state index is 12.4. The minimum atomic E-state index is -3.61. The minimum absolute atomic E-state index is 0.113. The standard InChI is InChI=1S/C21H27N3O4S/c1-14-12-17(14)20-10-6-15(28-20)7-11-21(25)22-18-13-16(29(26,27)24(4)5)8-9-19(18)23(2)3/h6-11,13-14,17H,12H2,1-5H3,(H,22,25)/b11-7+. The van der Waals surface area contributed by atoms with Crippen molar-refractivity contribution in [1.82, 2.24) is 4.31 Å². The van der Waals surface area contributed by atoms with Gasteiger partial charge >= 0.3 is 0 Å². The molecule has 1 aliphatic carbocycles. The van der Waals surface area contributed by atoms with E-state index in [1.807, 2.05) is 26.2 Å². The summed E-state index contributed by atoms with van der Waals surface area (Å²) in [5.74, 6) is 2.33. The van der Waals surface area contributed by atoms with Gasteiger partial charge in [-0.25, -0.2) is 12.7 Å². The van der Waals surface area contributed by atoms with Crippen LogP contribution in [0.2, 0.25) is 0 Å². The summed E-state index contributed by atoms with van der Waals surface area (Å²) in [5, 5.41) is 2.77. The van der Waals surface area contributed by atoms with Crippen LogP contribution in [0.5, 0.6) is 0 Å². The molecule has 1 aromatic carbocycles. The number of rotatable bonds is 7. The lowest BCUT2D eigenvalue weighted by Gasteiger charge is -2.19. The quantitative estimate of drug-likeness (QED) is 0.699. The highest BCUT2D eigenvalue weighted by Crippen LogP contribution is 2.47. The molecule has 2 atom stereocenters. The molecule has 1 heterocycles. The zero-order valence-corrected chi connectivity index (χ0v) is 18.2. The van der Waals surface area contributed by atoms with Gasteiger partial charge in [0.05, 0.1) is 16.3 Å². The van der Waals surface area contributed by atoms with Crippen LogP contribution in [0.1, 0.15) is 30.8 Å². The third kappa shape index (κ3) is 4.71. The Morgan fingerprint density at radius 1 is 1.17 bits per heavy atom. The van der Waals surface area contributed by atoms with Crippen molar-refractivity contribution in [2.45, 2.75) is 24.2 Å². The van der Waals surface area contributed by atoms with Crippen LogP contribution in [0.3, 0.4) is 0 Å². The molecule has 1 aromatic heterocycles. The zero-order valence-electron chi connectivity index (χ0n) is 17.3. The average molecular weight is 418 g/mol. The lowest BCUT2D eigenvalue weighted by Crippen LogP contribution is -2.23. The van der Waals surface area contributed by atoms with E-state index in [4.69, 9.17) is 4.42 Å². The Labute approximate surface area is 172 Å². The SMILES string of the molecule is CC1CC1c1ccc(/C=C/C(=O)Nc2cc(S(=O)(=O)N(C)C)ccc2N(C)C)o1. The maximum Gasteiger partial charge on any atom is 0.248 e. The molecule has 1 N–H and O–H groups in total. The van der Waals surface area contributed by atoms with Gasteiger partial charge in [0, 0.05) is 40.2 Å². The first-order valence-corrected chi connectivity index (χ1v) is 10.9. The van der Waals surface area contributed by atoms with Crippen molar-refractivity contribution in [3.05, 3.63) is 47.9 Å². The number of nitrogens with one attached hydrogen (secondary N) is 1. The van der Waals surface area contributed by atoms with Crippen LogP contribution in [0, 0.1) is 5.92 Å². The number of amides is 1. The van der Waals surface area contributed by atoms with Crippen LogP contribution < -0.4 is 10.2 Å². The van der Waals surface area contributed by atoms with Gasteiger partial charge in [0.15, 0.2) is 0 Å². The van der Waals surface area contributed by atoms with E-state index in [2.05, 4.69) is 12.2 Å². The molecule has 7 nitrogen and oxygen atoms in total. The topological polar surface area (TPSA) is 82.9 Å². The van der Waals surface area contributed by atoms with Crippen LogP contribution in [0.4, 0.5) is 11.4 Å². The summed E-state index contributed by atoms with van der Waals surface area (Å²) in [6.07, 6.45) is 4.13. The number of hydrogen-bond donors (Lipinski definition) is 1. The van der Waals surface area contributed by atoms with Crippen LogP contribution >= 0.6 is 0 Å². The third-order valence-electron chi connectivity index (χ3n) is 5.01. The number of nitrogens with zero attached hydrogens (tertiary/aromatic N) is 2. The average Bonchev–Trinajstić information content (AvgIpc) is 3.19. The minimum Gasteiger partial charge on any atom is -0.461 e. The number of furan rings is 1. The molecule has 0 saturated heterocycles. The van der Waals surface area contributed by atoms with E-state index in [1.54, 1.807) is 17.0 Å². The van der Waals surface area contributed by atoms with Crippen molar-refractivity contribution in [3.8, 4) is 0 Å². The number of benzene rings is 1. The normalized spacial score (nSPS) is 19.0. The van der Waals surface area contributed by atoms with E-state index in [9.17, 15) is 13.2 Å². The lowest BCUT2D eigenvalue weighted by atomic mass is 10.2. The van der Waals surface area contributed by atoms with Crippen LogP contribution in [0.15, 0.2) is 45.7 Å². The molecule has 156 valence electrons. The Kier molecular flexibility index (Phi) is 5.86. The second-order valence-electron chi connectivity index (χ2n) is 7.74. The van der Waals surface area contributed by atoms with Gasteiger partial charge in [-0.15, -0.1) is 0 Å². The lowest BCUT2D eigenvalue weighted by molar-refractivity contribution is -0.111. The summed E-state index contributed by atoms with van der Waals surface area (Å²) in [7, 11) is 2.98. The van der Waals surface area contributed by atoms with Crippen molar-refractivity contribution in [2.75, 3.05) is 38.4 Å². The summed E-state index contributed by atoms with van der Waals surface area (Å²) in [6.45, 7) is 2.18. The van der Waals surface area contributed by atoms with Crippen LogP contribution in [-0.2, 0) is 14.8 Å². The van der Waals surface area contributed by atoms with Gasteiger partial charge in [-0.3, -0.25) is 4.79 Å². The fraction of sp³-hybridized carbons (Fsp3) is 0.381. The smallest absolute Gasteiger partial charge is 0.248 e. The second kappa shape index (κ2) is 8.04. The van der Waals surface area contributed by atoms with E-state index < -0.39 is 10.0 Å². The first kappa shape index (κ1) is 21.1. The van der Waals surface area contributed by atoms with Gasteiger partial charge in [-0.05, 0) is 48.7 Å². The van der Waals surface area contributed by atoms with Crippen LogP contribution in [0.25, 0.3) is 6.08 Å². The van der Waals surface area contributed by atoms with Crippen molar-refractivity contribution in [1.29, 1.82) is 0 Å². The highest BCUT2D eigenvalue weighted by atomic mass is 32.2. The first-order valence-electron chi connectivity index (χ1n) is 9.42. The van der Waals surface area contributed by atoms with E-state index in [-0.39, 0.29) is 10.8 Å². The Bertz CT molecular complexity index is 1040. The molecule has 1 fully saturated rings. The Morgan fingerprint density at radius 3 is 2.45 bits per heavy atom. The number of carbonyl (C=O) groups excluding carboxylic acids is 1. The molecule has 0 bridgehead atoms. The molecule has 2 unspecified atom stereocenters. The van der Waals surface area contributed by atoms with E-state index in [0.717, 1.165) is 16.5 Å². The molecule has 0 radical (unpaired) electrons. The van der Waals surface area contributed by atoms with Gasteiger partial charge in [0.1, 0.15) is 11.5 Å². The van der Waals surface area contributed by atoms with E-state index in [0.29, 0.717) is 29.0 Å². The van der Waals surface area contributed by atoms with Gasteiger partial charge in [-0.1, -0.05) is 6.92 Å². The predicted octanol–water partition coefficient (Wildman–Crippen LogP) is 3.37. The van der Waals surface area contributed by atoms with Gasteiger partial charge < -0.3 is 14.6 Å². The third-order valence-corrected chi connectivity index (χ3v) is 6.82.